The molecule has 0 bridgehead atoms. The standard InChI is InChI=1S/C27H25ClSi/c1-19-17-22(26-12-6-9-20-7-3-5-11-25(20)26)15-16-27(19,29-28)18-23-14-13-21-8-2-4-10-24(21)23/h2-17,19,23H,18,29H2,1H3. The number of hydrogen-bond donors (Lipinski definition) is 0. The summed E-state index contributed by atoms with van der Waals surface area (Å²) in [7, 11) is -0.757. The minimum Gasteiger partial charge on any atom is -0.175 e. The summed E-state index contributed by atoms with van der Waals surface area (Å²) in [4.78, 5) is 0. The summed E-state index contributed by atoms with van der Waals surface area (Å²) in [6.45, 7) is 2.36. The molecule has 3 unspecified atom stereocenters. The van der Waals surface area contributed by atoms with Crippen LogP contribution in [0.3, 0.4) is 0 Å². The molecule has 0 saturated heterocycles. The van der Waals surface area contributed by atoms with Crippen LogP contribution in [0.5, 0.6) is 0 Å². The second-order valence-corrected chi connectivity index (χ2v) is 10.8. The van der Waals surface area contributed by atoms with Gasteiger partial charge < -0.3 is 0 Å². The van der Waals surface area contributed by atoms with Gasteiger partial charge in [0.1, 0.15) is 8.83 Å². The molecule has 144 valence electrons. The third-order valence-corrected chi connectivity index (χ3v) is 9.94. The lowest BCUT2D eigenvalue weighted by Crippen LogP contribution is -2.26. The van der Waals surface area contributed by atoms with Crippen molar-refractivity contribution in [2.45, 2.75) is 24.3 Å². The fraction of sp³-hybridized carbons (Fsp3) is 0.185. The van der Waals surface area contributed by atoms with Gasteiger partial charge >= 0.3 is 0 Å². The maximum atomic E-state index is 6.76. The Labute approximate surface area is 180 Å². The minimum absolute atomic E-state index is 0.113. The zero-order valence-electron chi connectivity index (χ0n) is 16.7. The summed E-state index contributed by atoms with van der Waals surface area (Å²) in [5.41, 5.74) is 5.47. The normalized spacial score (nSPS) is 25.7. The Morgan fingerprint density at radius 1 is 0.931 bits per heavy atom. The molecule has 3 aromatic rings. The SMILES string of the molecule is CC1C=C(c2cccc3ccccc23)C=CC1(CC1C=Cc2ccccc21)[SiH2]Cl. The largest absolute Gasteiger partial charge is 0.175 e. The van der Waals surface area contributed by atoms with Gasteiger partial charge in [-0.25, -0.2) is 0 Å². The van der Waals surface area contributed by atoms with E-state index in [-0.39, 0.29) is 5.04 Å². The smallest absolute Gasteiger partial charge is 0.135 e. The highest BCUT2D eigenvalue weighted by atomic mass is 35.6. The monoisotopic (exact) mass is 412 g/mol. The van der Waals surface area contributed by atoms with Crippen LogP contribution < -0.4 is 0 Å². The molecule has 0 aromatic heterocycles. The second kappa shape index (κ2) is 7.48. The lowest BCUT2D eigenvalue weighted by atomic mass is 9.77. The molecule has 0 N–H and O–H groups in total. The van der Waals surface area contributed by atoms with Crippen molar-refractivity contribution in [2.75, 3.05) is 0 Å². The number of halogens is 1. The fourth-order valence-electron chi connectivity index (χ4n) is 4.94. The zero-order valence-corrected chi connectivity index (χ0v) is 18.9. The van der Waals surface area contributed by atoms with Gasteiger partial charge in [0.2, 0.25) is 0 Å². The molecular weight excluding hydrogens is 388 g/mol. The first-order chi connectivity index (χ1) is 14.2. The highest BCUT2D eigenvalue weighted by Crippen LogP contribution is 2.52. The van der Waals surface area contributed by atoms with Gasteiger partial charge in [0.25, 0.3) is 0 Å². The van der Waals surface area contributed by atoms with Gasteiger partial charge in [-0.3, -0.25) is 0 Å². The van der Waals surface area contributed by atoms with Crippen LogP contribution in [-0.4, -0.2) is 8.83 Å². The molecule has 5 rings (SSSR count). The third kappa shape index (κ3) is 3.23. The Hall–Kier alpha value is -2.35. The van der Waals surface area contributed by atoms with Crippen molar-refractivity contribution in [3.05, 3.63) is 108 Å². The Morgan fingerprint density at radius 2 is 1.72 bits per heavy atom. The van der Waals surface area contributed by atoms with E-state index in [0.717, 1.165) is 6.42 Å². The van der Waals surface area contributed by atoms with Crippen LogP contribution in [0, 0.1) is 5.92 Å². The summed E-state index contributed by atoms with van der Waals surface area (Å²) in [6, 6.07) is 24.0. The van der Waals surface area contributed by atoms with E-state index in [1.165, 1.54) is 33.0 Å². The van der Waals surface area contributed by atoms with Crippen LogP contribution in [0.1, 0.15) is 36.0 Å². The van der Waals surface area contributed by atoms with E-state index in [1.807, 2.05) is 0 Å². The molecule has 29 heavy (non-hydrogen) atoms. The Balaban J connectivity index is 1.47. The van der Waals surface area contributed by atoms with E-state index in [9.17, 15) is 0 Å². The molecule has 2 heteroatoms. The molecule has 0 heterocycles. The van der Waals surface area contributed by atoms with Crippen molar-refractivity contribution < 1.29 is 0 Å². The minimum atomic E-state index is -0.757. The molecule has 0 nitrogen and oxygen atoms in total. The summed E-state index contributed by atoms with van der Waals surface area (Å²) >= 11 is 6.76. The van der Waals surface area contributed by atoms with Crippen molar-refractivity contribution in [1.29, 1.82) is 0 Å². The lowest BCUT2D eigenvalue weighted by molar-refractivity contribution is 0.475. The van der Waals surface area contributed by atoms with Gasteiger partial charge in [-0.2, -0.15) is 11.1 Å². The zero-order chi connectivity index (χ0) is 19.8. The quantitative estimate of drug-likeness (QED) is 0.316. The first kappa shape index (κ1) is 18.7. The average molecular weight is 413 g/mol. The maximum Gasteiger partial charge on any atom is 0.135 e. The Kier molecular flexibility index (Phi) is 4.81. The van der Waals surface area contributed by atoms with Crippen LogP contribution in [0.25, 0.3) is 22.4 Å². The van der Waals surface area contributed by atoms with Crippen molar-refractivity contribution in [3.8, 4) is 0 Å². The lowest BCUT2D eigenvalue weighted by Gasteiger charge is -2.38. The Morgan fingerprint density at radius 3 is 2.59 bits per heavy atom. The van der Waals surface area contributed by atoms with E-state index >= 15 is 0 Å². The molecule has 0 radical (unpaired) electrons. The highest BCUT2D eigenvalue weighted by Gasteiger charge is 2.38. The second-order valence-electron chi connectivity index (χ2n) is 8.44. The molecule has 0 saturated carbocycles. The van der Waals surface area contributed by atoms with Gasteiger partial charge in [0.05, 0.1) is 0 Å². The molecule has 0 fully saturated rings. The van der Waals surface area contributed by atoms with Crippen LogP contribution >= 0.6 is 11.1 Å². The topological polar surface area (TPSA) is 0 Å². The molecule has 3 aromatic carbocycles. The highest BCUT2D eigenvalue weighted by molar-refractivity contribution is 6.95. The van der Waals surface area contributed by atoms with E-state index in [1.54, 1.807) is 0 Å². The van der Waals surface area contributed by atoms with Gasteiger partial charge in [-0.15, -0.1) is 0 Å². The van der Waals surface area contributed by atoms with Crippen molar-refractivity contribution in [1.82, 2.24) is 0 Å². The van der Waals surface area contributed by atoms with Crippen LogP contribution in [0.15, 0.2) is 91.0 Å². The molecule has 2 aliphatic carbocycles. The molecule has 0 aliphatic heterocycles. The summed E-state index contributed by atoms with van der Waals surface area (Å²) < 4.78 is 0. The maximum absolute atomic E-state index is 6.76. The summed E-state index contributed by atoms with van der Waals surface area (Å²) in [5, 5.41) is 2.73. The molecule has 0 amide bonds. The van der Waals surface area contributed by atoms with Gasteiger partial charge in [-0.05, 0) is 50.4 Å². The predicted molar refractivity (Wildman–Crippen MR) is 130 cm³/mol. The first-order valence-electron chi connectivity index (χ1n) is 10.4. The number of allylic oxidation sites excluding steroid dienone is 5. The van der Waals surface area contributed by atoms with Gasteiger partial charge in [0, 0.05) is 5.92 Å². The van der Waals surface area contributed by atoms with E-state index in [0.29, 0.717) is 11.8 Å². The number of rotatable bonds is 4. The van der Waals surface area contributed by atoms with Crippen molar-refractivity contribution >= 4 is 42.3 Å². The van der Waals surface area contributed by atoms with Gasteiger partial charge in [-0.1, -0.05) is 104 Å². The number of fused-ring (bicyclic) bond motifs is 2. The van der Waals surface area contributed by atoms with Crippen molar-refractivity contribution in [3.63, 3.8) is 0 Å². The third-order valence-electron chi connectivity index (χ3n) is 6.78. The van der Waals surface area contributed by atoms with Crippen LogP contribution in [-0.2, 0) is 0 Å². The van der Waals surface area contributed by atoms with Crippen molar-refractivity contribution in [2.24, 2.45) is 5.92 Å². The first-order valence-corrected chi connectivity index (χ1v) is 13.3. The predicted octanol–water partition coefficient (Wildman–Crippen LogP) is 7.11. The van der Waals surface area contributed by atoms with E-state index < -0.39 is 8.83 Å². The fourth-order valence-corrected chi connectivity index (χ4v) is 7.25. The Bertz CT molecular complexity index is 1150. The molecule has 3 atom stereocenters. The summed E-state index contributed by atoms with van der Waals surface area (Å²) in [5.74, 6) is 0.906. The van der Waals surface area contributed by atoms with E-state index in [4.69, 9.17) is 11.1 Å². The van der Waals surface area contributed by atoms with E-state index in [2.05, 4.69) is 104 Å². The average Bonchev–Trinajstić information content (AvgIpc) is 3.17. The molecule has 2 aliphatic rings. The number of benzene rings is 3. The number of hydrogen-bond acceptors (Lipinski definition) is 0. The molecular formula is C27H25ClSi. The van der Waals surface area contributed by atoms with Crippen LogP contribution in [0.2, 0.25) is 5.04 Å². The molecule has 0 spiro atoms. The van der Waals surface area contributed by atoms with Crippen LogP contribution in [0.4, 0.5) is 0 Å². The summed E-state index contributed by atoms with van der Waals surface area (Å²) in [6.07, 6.45) is 13.0. The van der Waals surface area contributed by atoms with Gasteiger partial charge in [0.15, 0.2) is 0 Å².